The van der Waals surface area contributed by atoms with Crippen molar-refractivity contribution < 1.29 is 63.0 Å². The van der Waals surface area contributed by atoms with E-state index in [4.69, 9.17) is 27.8 Å². The van der Waals surface area contributed by atoms with Crippen molar-refractivity contribution in [2.75, 3.05) is 34.9 Å². The summed E-state index contributed by atoms with van der Waals surface area (Å²) in [7, 11) is 6.57. The van der Waals surface area contributed by atoms with Crippen LogP contribution in [0.2, 0.25) is 0 Å². The van der Waals surface area contributed by atoms with E-state index in [0.29, 0.717) is 27.7 Å². The molecular formula is C33H34NO12+. The fraction of sp³-hybridized carbons (Fsp3) is 0.303. The summed E-state index contributed by atoms with van der Waals surface area (Å²) in [5, 5.41) is 62.8. The first kappa shape index (κ1) is 31.2. The smallest absolute Gasteiger partial charge is 0.229 e. The minimum absolute atomic E-state index is 0.00396. The highest BCUT2D eigenvalue weighted by Crippen LogP contribution is 2.50. The molecule has 6 N–H and O–H groups in total. The van der Waals surface area contributed by atoms with Crippen molar-refractivity contribution >= 4 is 22.5 Å². The Morgan fingerprint density at radius 2 is 1.43 bits per heavy atom. The number of hydrogen-bond donors (Lipinski definition) is 6. The molecule has 0 radical (unpaired) electrons. The summed E-state index contributed by atoms with van der Waals surface area (Å²) in [6.45, 7) is -0.663. The molecule has 1 saturated heterocycles. The normalized spacial score (nSPS) is 22.9. The molecule has 0 spiro atoms. The second kappa shape index (κ2) is 12.2. The standard InChI is InChI=1S/C33H33NO12/c1-34(2)17-7-5-15(6-8-17)20-13-19-26-21(43-20)11-18(36)12-22(26)44-31(16-9-23(41-3)27(37)24(10-16)42-4)32(19)46-33-30(40)29(39)28(38)25(14-35)45-33/h5-13,25,28-30,33,35,38-40H,14H2,1-4H3,(H,36,37)/p+1/t25-,28-,29+,30-,33+/m1/s1. The van der Waals surface area contributed by atoms with Crippen LogP contribution in [0.15, 0.2) is 63.5 Å². The third-order valence-corrected chi connectivity index (χ3v) is 7.97. The molecule has 3 aliphatic heterocycles. The van der Waals surface area contributed by atoms with Crippen molar-refractivity contribution in [1.29, 1.82) is 0 Å². The van der Waals surface area contributed by atoms with E-state index in [9.17, 15) is 30.6 Å². The predicted octanol–water partition coefficient (Wildman–Crippen LogP) is 1.68. The van der Waals surface area contributed by atoms with Gasteiger partial charge in [0.25, 0.3) is 0 Å². The van der Waals surface area contributed by atoms with Gasteiger partial charge in [-0.15, -0.1) is 0 Å². The molecule has 5 atom stereocenters. The highest BCUT2D eigenvalue weighted by Gasteiger charge is 2.45. The lowest BCUT2D eigenvalue weighted by Crippen LogP contribution is -2.60. The van der Waals surface area contributed by atoms with E-state index in [1.807, 2.05) is 43.0 Å². The van der Waals surface area contributed by atoms with Crippen molar-refractivity contribution in [3.05, 3.63) is 60.1 Å². The van der Waals surface area contributed by atoms with Gasteiger partial charge in [-0.2, -0.15) is 0 Å². The fourth-order valence-corrected chi connectivity index (χ4v) is 5.49. The summed E-state index contributed by atoms with van der Waals surface area (Å²) in [5.74, 6) is -0.263. The van der Waals surface area contributed by atoms with Crippen LogP contribution in [0.5, 0.6) is 28.7 Å². The number of aliphatic hydroxyl groups excluding tert-OH is 4. The summed E-state index contributed by atoms with van der Waals surface area (Å²) in [5.41, 5.74) is 3.59. The summed E-state index contributed by atoms with van der Waals surface area (Å²) >= 11 is 0. The van der Waals surface area contributed by atoms with Gasteiger partial charge in [-0.05, 0) is 30.4 Å². The molecule has 0 amide bonds. The fourth-order valence-electron chi connectivity index (χ4n) is 5.49. The molecule has 3 heterocycles. The maximum atomic E-state index is 10.9. The van der Waals surface area contributed by atoms with Crippen molar-refractivity contribution in [1.82, 2.24) is 0 Å². The van der Waals surface area contributed by atoms with Crippen LogP contribution in [0, 0.1) is 0 Å². The van der Waals surface area contributed by atoms with Gasteiger partial charge in [0, 0.05) is 41.0 Å². The van der Waals surface area contributed by atoms with E-state index < -0.39 is 37.3 Å². The second-order valence-corrected chi connectivity index (χ2v) is 11.1. The van der Waals surface area contributed by atoms with E-state index >= 15 is 0 Å². The third kappa shape index (κ3) is 5.37. The maximum absolute atomic E-state index is 10.9. The first-order chi connectivity index (χ1) is 22.0. The van der Waals surface area contributed by atoms with Crippen LogP contribution >= 0.6 is 0 Å². The molecule has 0 unspecified atom stereocenters. The Morgan fingerprint density at radius 3 is 2.02 bits per heavy atom. The van der Waals surface area contributed by atoms with Crippen LogP contribution in [-0.4, -0.2) is 107 Å². The molecule has 13 heteroatoms. The summed E-state index contributed by atoms with van der Waals surface area (Å²) in [6.07, 6.45) is -0.312. The Balaban J connectivity index is 1.67. The molecule has 1 fully saturated rings. The average molecular weight is 637 g/mol. The van der Waals surface area contributed by atoms with Gasteiger partial charge in [0.2, 0.25) is 12.0 Å². The Hall–Kier alpha value is -4.79. The lowest BCUT2D eigenvalue weighted by Gasteiger charge is -2.40. The van der Waals surface area contributed by atoms with Gasteiger partial charge in [0.15, 0.2) is 28.7 Å². The Kier molecular flexibility index (Phi) is 8.27. The predicted molar refractivity (Wildman–Crippen MR) is 164 cm³/mol. The largest absolute Gasteiger partial charge is 0.508 e. The molecule has 1 aliphatic carbocycles. The Bertz CT molecular complexity index is 1880. The quantitative estimate of drug-likeness (QED) is 0.168. The number of aromatic hydroxyl groups is 2. The van der Waals surface area contributed by atoms with E-state index in [-0.39, 0.29) is 45.7 Å². The minimum atomic E-state index is -1.74. The topological polar surface area (TPSA) is 188 Å². The number of nitrogens with zero attached hydrogens (tertiary/aromatic N) is 1. The van der Waals surface area contributed by atoms with Crippen molar-refractivity contribution in [2.45, 2.75) is 30.7 Å². The van der Waals surface area contributed by atoms with Crippen LogP contribution in [-0.2, 0) is 4.74 Å². The summed E-state index contributed by atoms with van der Waals surface area (Å²) in [4.78, 5) is 0. The molecule has 242 valence electrons. The molecule has 0 saturated carbocycles. The summed E-state index contributed by atoms with van der Waals surface area (Å²) < 4.78 is 37.3. The lowest BCUT2D eigenvalue weighted by molar-refractivity contribution is -0.462. The van der Waals surface area contributed by atoms with Crippen LogP contribution in [0.1, 0.15) is 0 Å². The SMILES string of the molecule is COc1cc(-c2oc3cc(O)cc4oc(=C5C=CC(=[N+](C)C)C=C5)cc(c2O[C@@H]2O[C@H](CO)[C@@H](O)[C@H](O)[C@H]2O)-c34)cc(OC)c1O. The van der Waals surface area contributed by atoms with Crippen molar-refractivity contribution in [3.63, 3.8) is 0 Å². The van der Waals surface area contributed by atoms with Crippen LogP contribution < -0.4 is 19.6 Å². The number of ether oxygens (including phenoxy) is 4. The number of phenolic OH excluding ortho intramolecular Hbond substituents is 2. The number of phenols is 2. The maximum Gasteiger partial charge on any atom is 0.229 e. The number of benzene rings is 2. The third-order valence-electron chi connectivity index (χ3n) is 7.97. The number of methoxy groups -OCH3 is 2. The van der Waals surface area contributed by atoms with Crippen LogP contribution in [0.4, 0.5) is 0 Å². The number of rotatable bonds is 6. The Labute approximate surface area is 262 Å². The zero-order valence-electron chi connectivity index (χ0n) is 25.4. The van der Waals surface area contributed by atoms with Gasteiger partial charge in [0.1, 0.15) is 60.8 Å². The van der Waals surface area contributed by atoms with Gasteiger partial charge in [-0.1, -0.05) is 0 Å². The Morgan fingerprint density at radius 1 is 0.804 bits per heavy atom. The van der Waals surface area contributed by atoms with Crippen molar-refractivity contribution in [3.8, 4) is 51.2 Å². The first-order valence-electron chi connectivity index (χ1n) is 14.3. The monoisotopic (exact) mass is 636 g/mol. The number of allylic oxidation sites excluding steroid dienone is 4. The minimum Gasteiger partial charge on any atom is -0.508 e. The van der Waals surface area contributed by atoms with E-state index in [1.54, 1.807) is 6.07 Å². The average Bonchev–Trinajstić information content (AvgIpc) is 3.05. The molecule has 6 rings (SSSR count). The zero-order chi connectivity index (χ0) is 32.9. The molecular weight excluding hydrogens is 602 g/mol. The second-order valence-electron chi connectivity index (χ2n) is 11.1. The number of hydrogen-bond acceptors (Lipinski definition) is 12. The van der Waals surface area contributed by atoms with E-state index in [1.165, 1.54) is 38.5 Å². The van der Waals surface area contributed by atoms with E-state index in [0.717, 1.165) is 5.71 Å². The first-order valence-corrected chi connectivity index (χ1v) is 14.3. The van der Waals surface area contributed by atoms with Gasteiger partial charge in [-0.25, -0.2) is 4.58 Å². The summed E-state index contributed by atoms with van der Waals surface area (Å²) in [6, 6.07) is 7.47. The molecule has 13 nitrogen and oxygen atoms in total. The van der Waals surface area contributed by atoms with E-state index in [2.05, 4.69) is 0 Å². The highest BCUT2D eigenvalue weighted by molar-refractivity contribution is 6.05. The van der Waals surface area contributed by atoms with Crippen molar-refractivity contribution in [2.24, 2.45) is 0 Å². The molecule has 0 aromatic heterocycles. The molecule has 2 aromatic carbocycles. The molecule has 0 bridgehead atoms. The van der Waals surface area contributed by atoms with Gasteiger partial charge < -0.3 is 58.4 Å². The van der Waals surface area contributed by atoms with Gasteiger partial charge >= 0.3 is 0 Å². The zero-order valence-corrected chi connectivity index (χ0v) is 25.4. The number of aliphatic hydroxyl groups is 4. The van der Waals surface area contributed by atoms with Crippen LogP contribution in [0.25, 0.3) is 39.2 Å². The van der Waals surface area contributed by atoms with Crippen LogP contribution in [0.3, 0.4) is 0 Å². The molecule has 46 heavy (non-hydrogen) atoms. The lowest BCUT2D eigenvalue weighted by atomic mass is 9.97. The van der Waals surface area contributed by atoms with Gasteiger partial charge in [-0.3, -0.25) is 0 Å². The highest BCUT2D eigenvalue weighted by atomic mass is 16.7. The van der Waals surface area contributed by atoms with Gasteiger partial charge in [0.05, 0.1) is 26.4 Å². The molecule has 4 aliphatic rings. The molecule has 2 aromatic rings.